The van der Waals surface area contributed by atoms with E-state index in [1.807, 2.05) is 0 Å². The standard InChI is InChI=1S/C6H8ClFO/c7-6(9)5(8)4-2-1-3-4/h4-5H,1-3H2. The lowest BCUT2D eigenvalue weighted by molar-refractivity contribution is -0.118. The molecule has 1 nitrogen and oxygen atoms in total. The highest BCUT2D eigenvalue weighted by molar-refractivity contribution is 6.64. The summed E-state index contributed by atoms with van der Waals surface area (Å²) in [4.78, 5) is 10.2. The van der Waals surface area contributed by atoms with Crippen LogP contribution in [0.3, 0.4) is 0 Å². The molecule has 1 fully saturated rings. The third-order valence-electron chi connectivity index (χ3n) is 1.78. The van der Waals surface area contributed by atoms with E-state index in [-0.39, 0.29) is 5.92 Å². The van der Waals surface area contributed by atoms with Crippen molar-refractivity contribution in [1.29, 1.82) is 0 Å². The Kier molecular flexibility index (Phi) is 2.06. The summed E-state index contributed by atoms with van der Waals surface area (Å²) in [6.45, 7) is 0. The Balaban J connectivity index is 2.32. The topological polar surface area (TPSA) is 17.1 Å². The van der Waals surface area contributed by atoms with Crippen molar-refractivity contribution >= 4 is 16.8 Å². The van der Waals surface area contributed by atoms with E-state index in [0.29, 0.717) is 0 Å². The zero-order valence-corrected chi connectivity index (χ0v) is 5.70. The molecule has 1 saturated carbocycles. The summed E-state index contributed by atoms with van der Waals surface area (Å²) in [6, 6.07) is 0. The minimum atomic E-state index is -1.40. The Morgan fingerprint density at radius 3 is 2.33 bits per heavy atom. The van der Waals surface area contributed by atoms with E-state index >= 15 is 0 Å². The summed E-state index contributed by atoms with van der Waals surface area (Å²) in [5.74, 6) is -0.0741. The second-order valence-electron chi connectivity index (χ2n) is 2.40. The van der Waals surface area contributed by atoms with Crippen molar-refractivity contribution in [3.8, 4) is 0 Å². The summed E-state index contributed by atoms with van der Waals surface area (Å²) in [5, 5.41) is -0.834. The van der Waals surface area contributed by atoms with Gasteiger partial charge in [0.15, 0.2) is 6.17 Å². The van der Waals surface area contributed by atoms with Crippen molar-refractivity contribution in [2.45, 2.75) is 25.4 Å². The van der Waals surface area contributed by atoms with E-state index < -0.39 is 11.4 Å². The van der Waals surface area contributed by atoms with Crippen molar-refractivity contribution in [2.75, 3.05) is 0 Å². The molecule has 1 rings (SSSR count). The monoisotopic (exact) mass is 150 g/mol. The molecule has 9 heavy (non-hydrogen) atoms. The third kappa shape index (κ3) is 1.42. The van der Waals surface area contributed by atoms with E-state index in [1.54, 1.807) is 0 Å². The molecule has 0 bridgehead atoms. The van der Waals surface area contributed by atoms with Gasteiger partial charge >= 0.3 is 0 Å². The molecule has 1 atom stereocenters. The zero-order chi connectivity index (χ0) is 6.85. The van der Waals surface area contributed by atoms with Crippen LogP contribution in [-0.4, -0.2) is 11.4 Å². The van der Waals surface area contributed by atoms with Gasteiger partial charge in [-0.3, -0.25) is 4.79 Å². The first-order valence-corrected chi connectivity index (χ1v) is 3.43. The van der Waals surface area contributed by atoms with Gasteiger partial charge in [0, 0.05) is 0 Å². The van der Waals surface area contributed by atoms with E-state index in [0.717, 1.165) is 19.3 Å². The lowest BCUT2D eigenvalue weighted by Crippen LogP contribution is -2.27. The van der Waals surface area contributed by atoms with Gasteiger partial charge < -0.3 is 0 Å². The molecule has 3 heteroatoms. The molecule has 0 radical (unpaired) electrons. The molecule has 0 aliphatic heterocycles. The van der Waals surface area contributed by atoms with E-state index in [9.17, 15) is 9.18 Å². The molecule has 0 aromatic heterocycles. The molecule has 0 aromatic carbocycles. The number of carbonyl (C=O) groups is 1. The highest BCUT2D eigenvalue weighted by atomic mass is 35.5. The fourth-order valence-electron chi connectivity index (χ4n) is 0.918. The molecule has 1 aliphatic carbocycles. The second kappa shape index (κ2) is 2.65. The number of carbonyl (C=O) groups excluding carboxylic acids is 1. The molecule has 1 unspecified atom stereocenters. The van der Waals surface area contributed by atoms with Gasteiger partial charge in [-0.15, -0.1) is 0 Å². The Morgan fingerprint density at radius 2 is 2.22 bits per heavy atom. The van der Waals surface area contributed by atoms with Gasteiger partial charge in [-0.05, 0) is 30.4 Å². The van der Waals surface area contributed by atoms with Crippen molar-refractivity contribution < 1.29 is 9.18 Å². The Hall–Kier alpha value is -0.110. The van der Waals surface area contributed by atoms with Crippen molar-refractivity contribution in [1.82, 2.24) is 0 Å². The van der Waals surface area contributed by atoms with Crippen LogP contribution in [0.5, 0.6) is 0 Å². The van der Waals surface area contributed by atoms with Gasteiger partial charge in [0.25, 0.3) is 5.24 Å². The average Bonchev–Trinajstić information content (AvgIpc) is 1.60. The molecular formula is C6H8ClFO. The fourth-order valence-corrected chi connectivity index (χ4v) is 1.10. The Morgan fingerprint density at radius 1 is 1.67 bits per heavy atom. The lowest BCUT2D eigenvalue weighted by Gasteiger charge is -2.26. The highest BCUT2D eigenvalue weighted by Crippen LogP contribution is 2.31. The van der Waals surface area contributed by atoms with Gasteiger partial charge in [-0.2, -0.15) is 0 Å². The number of halogens is 2. The van der Waals surface area contributed by atoms with E-state index in [4.69, 9.17) is 11.6 Å². The van der Waals surface area contributed by atoms with E-state index in [2.05, 4.69) is 0 Å². The van der Waals surface area contributed by atoms with Crippen molar-refractivity contribution in [3.63, 3.8) is 0 Å². The second-order valence-corrected chi connectivity index (χ2v) is 2.77. The van der Waals surface area contributed by atoms with Crippen LogP contribution in [0, 0.1) is 5.92 Å². The molecule has 0 aromatic rings. The molecule has 0 heterocycles. The van der Waals surface area contributed by atoms with Gasteiger partial charge in [0.1, 0.15) is 0 Å². The zero-order valence-electron chi connectivity index (χ0n) is 4.94. The molecule has 0 amide bonds. The van der Waals surface area contributed by atoms with Crippen molar-refractivity contribution in [3.05, 3.63) is 0 Å². The predicted octanol–water partition coefficient (Wildman–Crippen LogP) is 1.89. The maximum absolute atomic E-state index is 12.5. The minimum absolute atomic E-state index is 0.0741. The number of rotatable bonds is 2. The first-order valence-electron chi connectivity index (χ1n) is 3.05. The molecular weight excluding hydrogens is 143 g/mol. The first kappa shape index (κ1) is 7.00. The number of hydrogen-bond donors (Lipinski definition) is 0. The minimum Gasteiger partial charge on any atom is -0.278 e. The van der Waals surface area contributed by atoms with Crippen LogP contribution in [0.2, 0.25) is 0 Å². The first-order chi connectivity index (χ1) is 4.22. The summed E-state index contributed by atoms with van der Waals surface area (Å²) >= 11 is 4.92. The molecule has 0 saturated heterocycles. The van der Waals surface area contributed by atoms with Gasteiger partial charge in [0.05, 0.1) is 0 Å². The quantitative estimate of drug-likeness (QED) is 0.550. The SMILES string of the molecule is O=C(Cl)C(F)C1CCC1. The van der Waals surface area contributed by atoms with Crippen LogP contribution in [0.1, 0.15) is 19.3 Å². The van der Waals surface area contributed by atoms with Gasteiger partial charge in [-0.25, -0.2) is 4.39 Å². The summed E-state index contributed by atoms with van der Waals surface area (Å²) < 4.78 is 12.5. The lowest BCUT2D eigenvalue weighted by atomic mass is 9.82. The third-order valence-corrected chi connectivity index (χ3v) is 1.99. The van der Waals surface area contributed by atoms with E-state index in [1.165, 1.54) is 0 Å². The van der Waals surface area contributed by atoms with Crippen LogP contribution >= 0.6 is 11.6 Å². The smallest absolute Gasteiger partial charge is 0.256 e. The van der Waals surface area contributed by atoms with Crippen LogP contribution in [0.15, 0.2) is 0 Å². The summed E-state index contributed by atoms with van der Waals surface area (Å²) in [5.41, 5.74) is 0. The maximum atomic E-state index is 12.5. The molecule has 0 N–H and O–H groups in total. The van der Waals surface area contributed by atoms with Gasteiger partial charge in [-0.1, -0.05) is 6.42 Å². The Labute approximate surface area is 58.2 Å². The Bertz CT molecular complexity index is 122. The summed E-state index contributed by atoms with van der Waals surface area (Å²) in [6.07, 6.45) is 1.27. The van der Waals surface area contributed by atoms with Crippen LogP contribution < -0.4 is 0 Å². The highest BCUT2D eigenvalue weighted by Gasteiger charge is 2.31. The van der Waals surface area contributed by atoms with Crippen LogP contribution in [0.4, 0.5) is 4.39 Å². The summed E-state index contributed by atoms with van der Waals surface area (Å²) in [7, 11) is 0. The predicted molar refractivity (Wildman–Crippen MR) is 33.1 cm³/mol. The molecule has 52 valence electrons. The molecule has 0 spiro atoms. The fraction of sp³-hybridized carbons (Fsp3) is 0.833. The maximum Gasteiger partial charge on any atom is 0.256 e. The van der Waals surface area contributed by atoms with Crippen LogP contribution in [0.25, 0.3) is 0 Å². The van der Waals surface area contributed by atoms with Gasteiger partial charge in [0.2, 0.25) is 0 Å². The normalized spacial score (nSPS) is 22.9. The molecule has 1 aliphatic rings. The average molecular weight is 151 g/mol. The largest absolute Gasteiger partial charge is 0.278 e. The van der Waals surface area contributed by atoms with Crippen molar-refractivity contribution in [2.24, 2.45) is 5.92 Å². The number of hydrogen-bond acceptors (Lipinski definition) is 1. The van der Waals surface area contributed by atoms with Crippen LogP contribution in [-0.2, 0) is 4.79 Å². The number of alkyl halides is 1.